The Balaban J connectivity index is 1.51. The second-order valence-electron chi connectivity index (χ2n) is 7.15. The number of hydrogen-bond acceptors (Lipinski definition) is 5. The van der Waals surface area contributed by atoms with E-state index in [2.05, 4.69) is 10.3 Å². The van der Waals surface area contributed by atoms with Crippen molar-refractivity contribution >= 4 is 35.0 Å². The molecule has 1 aromatic heterocycles. The van der Waals surface area contributed by atoms with Gasteiger partial charge in [0.05, 0.1) is 11.3 Å². The van der Waals surface area contributed by atoms with Crippen molar-refractivity contribution in [1.29, 1.82) is 0 Å². The third kappa shape index (κ3) is 4.16. The molecule has 1 N–H and O–H groups in total. The first-order valence-corrected chi connectivity index (χ1v) is 10.4. The molecule has 1 aliphatic rings. The topological polar surface area (TPSA) is 65.5 Å². The van der Waals surface area contributed by atoms with Crippen LogP contribution in [0.1, 0.15) is 15.9 Å². The number of carbonyl (C=O) groups excluding carboxylic acids is 2. The second-order valence-corrected chi connectivity index (χ2v) is 8.19. The van der Waals surface area contributed by atoms with Crippen LogP contribution in [-0.4, -0.2) is 37.4 Å². The van der Waals surface area contributed by atoms with Crippen molar-refractivity contribution in [3.05, 3.63) is 78.0 Å². The van der Waals surface area contributed by atoms with E-state index in [0.717, 1.165) is 21.8 Å². The van der Waals surface area contributed by atoms with Crippen molar-refractivity contribution in [2.45, 2.75) is 16.5 Å². The van der Waals surface area contributed by atoms with E-state index in [1.54, 1.807) is 18.3 Å². The Morgan fingerprint density at radius 1 is 1.07 bits per heavy atom. The minimum Gasteiger partial charge on any atom is -0.378 e. The smallest absolute Gasteiger partial charge is 0.261 e. The van der Waals surface area contributed by atoms with Crippen LogP contribution in [0, 0.1) is 0 Å². The first kappa shape index (κ1) is 20.0. The SMILES string of the molecule is CN(C)c1ccc(CNC(=O)CN2C(=O)c3cccnc3Sc3ccccc32)cc1. The number of aromatic nitrogens is 1. The molecule has 2 amide bonds. The predicted octanol–water partition coefficient (Wildman–Crippen LogP) is 3.58. The molecule has 0 unspecified atom stereocenters. The molecule has 30 heavy (non-hydrogen) atoms. The molecular formula is C23H22N4O2S. The van der Waals surface area contributed by atoms with Crippen LogP contribution in [-0.2, 0) is 11.3 Å². The molecule has 2 aromatic carbocycles. The maximum atomic E-state index is 13.2. The maximum absolute atomic E-state index is 13.2. The maximum Gasteiger partial charge on any atom is 0.261 e. The second kappa shape index (κ2) is 8.59. The summed E-state index contributed by atoms with van der Waals surface area (Å²) >= 11 is 1.44. The number of hydrogen-bond donors (Lipinski definition) is 1. The van der Waals surface area contributed by atoms with Crippen molar-refractivity contribution < 1.29 is 9.59 Å². The van der Waals surface area contributed by atoms with Gasteiger partial charge in [0, 0.05) is 37.4 Å². The van der Waals surface area contributed by atoms with Crippen LogP contribution in [0.2, 0.25) is 0 Å². The third-order valence-electron chi connectivity index (χ3n) is 4.85. The lowest BCUT2D eigenvalue weighted by atomic mass is 10.2. The number of nitrogens with zero attached hydrogens (tertiary/aromatic N) is 3. The van der Waals surface area contributed by atoms with Crippen molar-refractivity contribution in [2.24, 2.45) is 0 Å². The fraction of sp³-hybridized carbons (Fsp3) is 0.174. The molecule has 2 heterocycles. The van der Waals surface area contributed by atoms with Gasteiger partial charge in [0.1, 0.15) is 11.6 Å². The van der Waals surface area contributed by atoms with Gasteiger partial charge in [-0.25, -0.2) is 4.98 Å². The highest BCUT2D eigenvalue weighted by Crippen LogP contribution is 2.39. The zero-order chi connectivity index (χ0) is 21.1. The number of amides is 2. The Hall–Kier alpha value is -3.32. The van der Waals surface area contributed by atoms with E-state index < -0.39 is 0 Å². The van der Waals surface area contributed by atoms with Crippen molar-refractivity contribution in [1.82, 2.24) is 10.3 Å². The van der Waals surface area contributed by atoms with Gasteiger partial charge < -0.3 is 10.2 Å². The van der Waals surface area contributed by atoms with Crippen molar-refractivity contribution in [2.75, 3.05) is 30.4 Å². The Morgan fingerprint density at radius 3 is 2.60 bits per heavy atom. The van der Waals surface area contributed by atoms with Crippen LogP contribution >= 0.6 is 11.8 Å². The standard InChI is InChI=1S/C23H22N4O2S/c1-26(2)17-11-9-16(10-12-17)14-25-21(28)15-27-19-7-3-4-8-20(19)30-22-18(23(27)29)6-5-13-24-22/h3-13H,14-15H2,1-2H3,(H,25,28). The molecule has 0 radical (unpaired) electrons. The predicted molar refractivity (Wildman–Crippen MR) is 119 cm³/mol. The van der Waals surface area contributed by atoms with E-state index in [9.17, 15) is 9.59 Å². The Labute approximate surface area is 179 Å². The molecule has 0 fully saturated rings. The number of pyridine rings is 1. The molecule has 0 bridgehead atoms. The molecule has 6 nitrogen and oxygen atoms in total. The first-order valence-electron chi connectivity index (χ1n) is 9.59. The molecule has 0 atom stereocenters. The van der Waals surface area contributed by atoms with E-state index in [4.69, 9.17) is 0 Å². The van der Waals surface area contributed by atoms with E-state index in [1.807, 2.05) is 67.5 Å². The van der Waals surface area contributed by atoms with E-state index in [1.165, 1.54) is 16.7 Å². The zero-order valence-electron chi connectivity index (χ0n) is 16.8. The summed E-state index contributed by atoms with van der Waals surface area (Å²) in [6, 6.07) is 19.1. The minimum absolute atomic E-state index is 0.0550. The lowest BCUT2D eigenvalue weighted by Gasteiger charge is -2.22. The summed E-state index contributed by atoms with van der Waals surface area (Å²) in [6.07, 6.45) is 1.67. The average molecular weight is 419 g/mol. The molecule has 1 aliphatic heterocycles. The first-order chi connectivity index (χ1) is 14.5. The number of anilines is 2. The molecule has 152 valence electrons. The summed E-state index contributed by atoms with van der Waals surface area (Å²) in [4.78, 5) is 34.7. The monoisotopic (exact) mass is 418 g/mol. The van der Waals surface area contributed by atoms with Gasteiger partial charge in [-0.1, -0.05) is 36.0 Å². The molecule has 0 saturated heterocycles. The van der Waals surface area contributed by atoms with Crippen LogP contribution in [0.15, 0.2) is 76.8 Å². The Bertz CT molecular complexity index is 1080. The quantitative estimate of drug-likeness (QED) is 0.686. The number of para-hydroxylation sites is 1. The van der Waals surface area contributed by atoms with E-state index in [-0.39, 0.29) is 18.4 Å². The Morgan fingerprint density at radius 2 is 1.83 bits per heavy atom. The van der Waals surface area contributed by atoms with Gasteiger partial charge in [-0.15, -0.1) is 0 Å². The number of nitrogens with one attached hydrogen (secondary N) is 1. The molecule has 0 saturated carbocycles. The van der Waals surface area contributed by atoms with E-state index >= 15 is 0 Å². The van der Waals surface area contributed by atoms with Gasteiger partial charge in [-0.05, 0) is 42.0 Å². The van der Waals surface area contributed by atoms with Crippen molar-refractivity contribution in [3.8, 4) is 0 Å². The van der Waals surface area contributed by atoms with Crippen LogP contribution < -0.4 is 15.1 Å². The normalized spacial score (nSPS) is 12.6. The lowest BCUT2D eigenvalue weighted by Crippen LogP contribution is -2.40. The number of carbonyl (C=O) groups is 2. The highest BCUT2D eigenvalue weighted by Gasteiger charge is 2.29. The molecule has 4 rings (SSSR count). The molecule has 3 aromatic rings. The number of benzene rings is 2. The minimum atomic E-state index is -0.221. The van der Waals surface area contributed by atoms with E-state index in [0.29, 0.717) is 17.1 Å². The van der Waals surface area contributed by atoms with Crippen LogP contribution in [0.4, 0.5) is 11.4 Å². The summed E-state index contributed by atoms with van der Waals surface area (Å²) in [5, 5.41) is 3.57. The zero-order valence-corrected chi connectivity index (χ0v) is 17.6. The Kier molecular flexibility index (Phi) is 5.72. The largest absolute Gasteiger partial charge is 0.378 e. The summed E-state index contributed by atoms with van der Waals surface area (Å²) in [5.74, 6) is -0.437. The lowest BCUT2D eigenvalue weighted by molar-refractivity contribution is -0.119. The molecule has 0 spiro atoms. The molecule has 0 aliphatic carbocycles. The van der Waals surface area contributed by atoms with Gasteiger partial charge in [0.2, 0.25) is 5.91 Å². The average Bonchev–Trinajstić information content (AvgIpc) is 2.87. The third-order valence-corrected chi connectivity index (χ3v) is 5.94. The fourth-order valence-corrected chi connectivity index (χ4v) is 4.25. The van der Waals surface area contributed by atoms with Crippen LogP contribution in [0.5, 0.6) is 0 Å². The van der Waals surface area contributed by atoms with Crippen molar-refractivity contribution in [3.63, 3.8) is 0 Å². The highest BCUT2D eigenvalue weighted by atomic mass is 32.2. The van der Waals surface area contributed by atoms with Crippen LogP contribution in [0.25, 0.3) is 0 Å². The van der Waals surface area contributed by atoms with Gasteiger partial charge in [0.25, 0.3) is 5.91 Å². The van der Waals surface area contributed by atoms with Gasteiger partial charge in [0.15, 0.2) is 0 Å². The summed E-state index contributed by atoms with van der Waals surface area (Å²) in [7, 11) is 3.97. The summed E-state index contributed by atoms with van der Waals surface area (Å²) in [5.41, 5.74) is 3.32. The summed E-state index contributed by atoms with van der Waals surface area (Å²) in [6.45, 7) is 0.351. The number of rotatable bonds is 5. The summed E-state index contributed by atoms with van der Waals surface area (Å²) < 4.78 is 0. The van der Waals surface area contributed by atoms with Gasteiger partial charge in [-0.3, -0.25) is 14.5 Å². The molecular weight excluding hydrogens is 396 g/mol. The van der Waals surface area contributed by atoms with Crippen LogP contribution in [0.3, 0.4) is 0 Å². The fourth-order valence-electron chi connectivity index (χ4n) is 3.23. The number of fused-ring (bicyclic) bond motifs is 2. The molecule has 7 heteroatoms. The highest BCUT2D eigenvalue weighted by molar-refractivity contribution is 7.99. The van der Waals surface area contributed by atoms with Gasteiger partial charge in [-0.2, -0.15) is 0 Å². The van der Waals surface area contributed by atoms with Gasteiger partial charge >= 0.3 is 0 Å².